The molecular formula is C19H26N2O. The van der Waals surface area contributed by atoms with Gasteiger partial charge in [-0.15, -0.1) is 0 Å². The molecule has 1 aromatic rings. The summed E-state index contributed by atoms with van der Waals surface area (Å²) in [4.78, 5) is 15.3. The molecular weight excluding hydrogens is 272 g/mol. The molecule has 3 heteroatoms. The quantitative estimate of drug-likeness (QED) is 0.866. The molecule has 2 fully saturated rings. The first-order valence-electron chi connectivity index (χ1n) is 8.81. The Hall–Kier alpha value is -1.35. The molecule has 22 heavy (non-hydrogen) atoms. The Kier molecular flexibility index (Phi) is 3.48. The van der Waals surface area contributed by atoms with Crippen LogP contribution in [-0.4, -0.2) is 18.0 Å². The number of nitrogens with zero attached hydrogens (tertiary/aromatic N) is 1. The van der Waals surface area contributed by atoms with Crippen molar-refractivity contribution in [3.05, 3.63) is 29.8 Å². The molecule has 3 aliphatic rings. The molecule has 3 unspecified atom stereocenters. The summed E-state index contributed by atoms with van der Waals surface area (Å²) in [6, 6.07) is 9.00. The highest BCUT2D eigenvalue weighted by molar-refractivity contribution is 5.97. The molecule has 1 heterocycles. The fourth-order valence-corrected chi connectivity index (χ4v) is 5.09. The van der Waals surface area contributed by atoms with Gasteiger partial charge in [0.05, 0.1) is 0 Å². The van der Waals surface area contributed by atoms with Gasteiger partial charge in [-0.05, 0) is 62.5 Å². The van der Waals surface area contributed by atoms with Gasteiger partial charge in [-0.3, -0.25) is 4.79 Å². The van der Waals surface area contributed by atoms with Gasteiger partial charge < -0.3 is 10.6 Å². The van der Waals surface area contributed by atoms with Gasteiger partial charge in [-0.25, -0.2) is 0 Å². The van der Waals surface area contributed by atoms with Crippen LogP contribution in [0.4, 0.5) is 5.69 Å². The predicted octanol–water partition coefficient (Wildman–Crippen LogP) is 3.12. The van der Waals surface area contributed by atoms with Crippen LogP contribution in [0, 0.1) is 17.8 Å². The Morgan fingerprint density at radius 1 is 1.18 bits per heavy atom. The predicted molar refractivity (Wildman–Crippen MR) is 88.6 cm³/mol. The molecule has 0 radical (unpaired) electrons. The van der Waals surface area contributed by atoms with E-state index >= 15 is 0 Å². The minimum absolute atomic E-state index is 0.184. The lowest BCUT2D eigenvalue weighted by molar-refractivity contribution is -0.125. The van der Waals surface area contributed by atoms with Gasteiger partial charge in [0.15, 0.2) is 0 Å². The zero-order chi connectivity index (χ0) is 15.3. The molecule has 4 rings (SSSR count). The van der Waals surface area contributed by atoms with Crippen molar-refractivity contribution in [2.45, 2.75) is 57.5 Å². The van der Waals surface area contributed by atoms with E-state index in [0.29, 0.717) is 29.8 Å². The van der Waals surface area contributed by atoms with Gasteiger partial charge in [0, 0.05) is 23.7 Å². The molecule has 2 aliphatic carbocycles. The number of hydrogen-bond donors (Lipinski definition) is 1. The standard InChI is InChI=1S/C19H26N2O/c1-12-9-13-5-2-3-8-17(13)21(12)19(22)16-10-14-6-4-7-15(11-16)18(14)20/h2-3,5,8,12,14-16,18H,4,6-7,9-11,20H2,1H3. The maximum absolute atomic E-state index is 13.2. The maximum Gasteiger partial charge on any atom is 0.230 e. The van der Waals surface area contributed by atoms with Crippen molar-refractivity contribution in [2.24, 2.45) is 23.5 Å². The highest BCUT2D eigenvalue weighted by Gasteiger charge is 2.43. The third-order valence-electron chi connectivity index (χ3n) is 6.21. The van der Waals surface area contributed by atoms with Crippen molar-refractivity contribution < 1.29 is 4.79 Å². The summed E-state index contributed by atoms with van der Waals surface area (Å²) in [5.41, 5.74) is 8.83. The van der Waals surface area contributed by atoms with Gasteiger partial charge in [-0.1, -0.05) is 24.6 Å². The van der Waals surface area contributed by atoms with E-state index in [-0.39, 0.29) is 5.92 Å². The van der Waals surface area contributed by atoms with Crippen molar-refractivity contribution >= 4 is 11.6 Å². The number of nitrogens with two attached hydrogens (primary N) is 1. The molecule has 1 amide bonds. The van der Waals surface area contributed by atoms with Crippen molar-refractivity contribution in [3.63, 3.8) is 0 Å². The molecule has 1 aromatic carbocycles. The largest absolute Gasteiger partial charge is 0.327 e. The Morgan fingerprint density at radius 2 is 1.86 bits per heavy atom. The van der Waals surface area contributed by atoms with Crippen LogP contribution in [0.5, 0.6) is 0 Å². The van der Waals surface area contributed by atoms with E-state index in [1.807, 2.05) is 6.07 Å². The molecule has 0 saturated heterocycles. The highest BCUT2D eigenvalue weighted by atomic mass is 16.2. The summed E-state index contributed by atoms with van der Waals surface area (Å²) in [6.45, 7) is 2.17. The molecule has 2 bridgehead atoms. The second-order valence-electron chi connectivity index (χ2n) is 7.59. The van der Waals surface area contributed by atoms with Gasteiger partial charge >= 0.3 is 0 Å². The lowest BCUT2D eigenvalue weighted by Gasteiger charge is -2.44. The van der Waals surface area contributed by atoms with Crippen molar-refractivity contribution in [3.8, 4) is 0 Å². The van der Waals surface area contributed by atoms with Crippen LogP contribution >= 0.6 is 0 Å². The topological polar surface area (TPSA) is 46.3 Å². The number of carbonyl (C=O) groups excluding carboxylic acids is 1. The van der Waals surface area contributed by atoms with Gasteiger partial charge in [0.2, 0.25) is 5.91 Å². The number of carbonyl (C=O) groups is 1. The first kappa shape index (κ1) is 14.3. The monoisotopic (exact) mass is 298 g/mol. The normalized spacial score (nSPS) is 37.0. The van der Waals surface area contributed by atoms with Crippen molar-refractivity contribution in [2.75, 3.05) is 4.90 Å². The first-order valence-corrected chi connectivity index (χ1v) is 8.81. The van der Waals surface area contributed by atoms with E-state index in [0.717, 1.165) is 24.9 Å². The lowest BCUT2D eigenvalue weighted by Crippen LogP contribution is -2.50. The van der Waals surface area contributed by atoms with Crippen LogP contribution in [0.15, 0.2) is 24.3 Å². The van der Waals surface area contributed by atoms with Crippen LogP contribution < -0.4 is 10.6 Å². The Bertz CT molecular complexity index is 571. The van der Waals surface area contributed by atoms with Crippen molar-refractivity contribution in [1.82, 2.24) is 0 Å². The summed E-state index contributed by atoms with van der Waals surface area (Å²) < 4.78 is 0. The van der Waals surface area contributed by atoms with E-state index in [9.17, 15) is 4.79 Å². The fraction of sp³-hybridized carbons (Fsp3) is 0.632. The molecule has 2 N–H and O–H groups in total. The number of fused-ring (bicyclic) bond motifs is 3. The van der Waals surface area contributed by atoms with E-state index in [1.165, 1.54) is 24.8 Å². The van der Waals surface area contributed by atoms with Gasteiger partial charge in [0.25, 0.3) is 0 Å². The van der Waals surface area contributed by atoms with Gasteiger partial charge in [0.1, 0.15) is 0 Å². The molecule has 0 spiro atoms. The number of benzene rings is 1. The van der Waals surface area contributed by atoms with E-state index in [1.54, 1.807) is 0 Å². The van der Waals surface area contributed by atoms with E-state index in [4.69, 9.17) is 5.73 Å². The van der Waals surface area contributed by atoms with Gasteiger partial charge in [-0.2, -0.15) is 0 Å². The zero-order valence-corrected chi connectivity index (χ0v) is 13.4. The Balaban J connectivity index is 1.57. The fourth-order valence-electron chi connectivity index (χ4n) is 5.09. The molecule has 0 aromatic heterocycles. The summed E-state index contributed by atoms with van der Waals surface area (Å²) in [5.74, 6) is 1.66. The molecule has 3 nitrogen and oxygen atoms in total. The second-order valence-corrected chi connectivity index (χ2v) is 7.59. The molecule has 118 valence electrons. The van der Waals surface area contributed by atoms with Crippen LogP contribution in [0.25, 0.3) is 0 Å². The summed E-state index contributed by atoms with van der Waals surface area (Å²) in [6.07, 6.45) is 6.72. The summed E-state index contributed by atoms with van der Waals surface area (Å²) >= 11 is 0. The SMILES string of the molecule is CC1Cc2ccccc2N1C(=O)C1CC2CCCC(C1)C2N. The minimum atomic E-state index is 0.184. The number of hydrogen-bond acceptors (Lipinski definition) is 2. The van der Waals surface area contributed by atoms with Crippen LogP contribution in [0.2, 0.25) is 0 Å². The Morgan fingerprint density at radius 3 is 2.59 bits per heavy atom. The second kappa shape index (κ2) is 5.38. The maximum atomic E-state index is 13.2. The highest BCUT2D eigenvalue weighted by Crippen LogP contribution is 2.44. The summed E-state index contributed by atoms with van der Waals surface area (Å²) in [5, 5.41) is 0. The molecule has 2 saturated carbocycles. The minimum Gasteiger partial charge on any atom is -0.327 e. The number of para-hydroxylation sites is 1. The Labute approximate surface area is 132 Å². The van der Waals surface area contributed by atoms with E-state index < -0.39 is 0 Å². The molecule has 1 aliphatic heterocycles. The third kappa shape index (κ3) is 2.18. The van der Waals surface area contributed by atoms with Crippen LogP contribution in [0.1, 0.15) is 44.6 Å². The summed E-state index contributed by atoms with van der Waals surface area (Å²) in [7, 11) is 0. The first-order chi connectivity index (χ1) is 10.6. The van der Waals surface area contributed by atoms with Crippen molar-refractivity contribution in [1.29, 1.82) is 0 Å². The van der Waals surface area contributed by atoms with Crippen LogP contribution in [0.3, 0.4) is 0 Å². The number of rotatable bonds is 1. The molecule has 3 atom stereocenters. The zero-order valence-electron chi connectivity index (χ0n) is 13.4. The third-order valence-corrected chi connectivity index (χ3v) is 6.21. The van der Waals surface area contributed by atoms with E-state index in [2.05, 4.69) is 30.0 Å². The van der Waals surface area contributed by atoms with Crippen LogP contribution in [-0.2, 0) is 11.2 Å². The average molecular weight is 298 g/mol. The lowest BCUT2D eigenvalue weighted by atomic mass is 9.65. The number of amides is 1. The number of anilines is 1. The average Bonchev–Trinajstić information content (AvgIpc) is 2.82. The smallest absolute Gasteiger partial charge is 0.230 e.